The first-order chi connectivity index (χ1) is 8.22. The maximum atomic E-state index is 6.24. The van der Waals surface area contributed by atoms with Crippen molar-refractivity contribution in [3.05, 3.63) is 39.8 Å². The molecule has 1 aromatic heterocycles. The molecule has 17 heavy (non-hydrogen) atoms. The Morgan fingerprint density at radius 3 is 2.76 bits per heavy atom. The summed E-state index contributed by atoms with van der Waals surface area (Å²) in [4.78, 5) is 0. The predicted molar refractivity (Wildman–Crippen MR) is 73.0 cm³/mol. The van der Waals surface area contributed by atoms with Gasteiger partial charge in [-0.05, 0) is 24.3 Å². The van der Waals surface area contributed by atoms with E-state index in [0.29, 0.717) is 16.4 Å². The van der Waals surface area contributed by atoms with Crippen LogP contribution in [-0.2, 0) is 0 Å². The van der Waals surface area contributed by atoms with Crippen molar-refractivity contribution in [3.8, 4) is 5.75 Å². The van der Waals surface area contributed by atoms with E-state index < -0.39 is 0 Å². The molecule has 0 saturated carbocycles. The Bertz CT molecular complexity index is 718. The molecule has 3 rings (SSSR count). The Morgan fingerprint density at radius 2 is 2.00 bits per heavy atom. The lowest BCUT2D eigenvalue weighted by molar-refractivity contribution is 0.412. The van der Waals surface area contributed by atoms with Gasteiger partial charge < -0.3 is 9.15 Å². The summed E-state index contributed by atoms with van der Waals surface area (Å²) in [6.07, 6.45) is 0. The van der Waals surface area contributed by atoms with Gasteiger partial charge in [-0.3, -0.25) is 0 Å². The van der Waals surface area contributed by atoms with Crippen molar-refractivity contribution in [1.82, 2.24) is 0 Å². The van der Waals surface area contributed by atoms with Gasteiger partial charge in [0.25, 0.3) is 0 Å². The minimum atomic E-state index is 0.659. The van der Waals surface area contributed by atoms with Crippen LogP contribution in [0.1, 0.15) is 0 Å². The monoisotopic (exact) mass is 310 g/mol. The quantitative estimate of drug-likeness (QED) is 0.630. The van der Waals surface area contributed by atoms with Crippen molar-refractivity contribution in [3.63, 3.8) is 0 Å². The molecule has 86 valence electrons. The number of rotatable bonds is 1. The van der Waals surface area contributed by atoms with Gasteiger partial charge in [0, 0.05) is 9.86 Å². The fourth-order valence-electron chi connectivity index (χ4n) is 1.98. The molecule has 0 saturated heterocycles. The summed E-state index contributed by atoms with van der Waals surface area (Å²) in [7, 11) is 1.62. The van der Waals surface area contributed by atoms with Gasteiger partial charge >= 0.3 is 0 Å². The highest BCUT2D eigenvalue weighted by atomic mass is 79.9. The lowest BCUT2D eigenvalue weighted by Crippen LogP contribution is -1.82. The van der Waals surface area contributed by atoms with Crippen molar-refractivity contribution >= 4 is 49.5 Å². The Morgan fingerprint density at radius 1 is 1.18 bits per heavy atom. The summed E-state index contributed by atoms with van der Waals surface area (Å²) >= 11 is 9.76. The van der Waals surface area contributed by atoms with E-state index in [1.54, 1.807) is 13.2 Å². The summed E-state index contributed by atoms with van der Waals surface area (Å²) in [6.45, 7) is 0. The van der Waals surface area contributed by atoms with Crippen LogP contribution in [0.15, 0.2) is 39.2 Å². The van der Waals surface area contributed by atoms with E-state index in [0.717, 1.165) is 20.8 Å². The molecule has 2 aromatic carbocycles. The van der Waals surface area contributed by atoms with Gasteiger partial charge in [0.1, 0.15) is 5.58 Å². The van der Waals surface area contributed by atoms with E-state index in [4.69, 9.17) is 20.8 Å². The second kappa shape index (κ2) is 3.93. The highest BCUT2D eigenvalue weighted by Crippen LogP contribution is 2.41. The fourth-order valence-corrected chi connectivity index (χ4v) is 2.77. The summed E-state index contributed by atoms with van der Waals surface area (Å²) < 4.78 is 12.0. The first-order valence-corrected chi connectivity index (χ1v) is 6.22. The number of halogens is 2. The van der Waals surface area contributed by atoms with Gasteiger partial charge in [0.05, 0.1) is 17.5 Å². The van der Waals surface area contributed by atoms with Crippen molar-refractivity contribution < 1.29 is 9.15 Å². The summed E-state index contributed by atoms with van der Waals surface area (Å²) in [5.41, 5.74) is 1.47. The molecule has 0 bridgehead atoms. The molecule has 1 heterocycles. The molecule has 4 heteroatoms. The second-order valence-electron chi connectivity index (χ2n) is 3.67. The lowest BCUT2D eigenvalue weighted by atomic mass is 10.1. The van der Waals surface area contributed by atoms with Crippen LogP contribution in [0.4, 0.5) is 0 Å². The third-order valence-electron chi connectivity index (χ3n) is 2.73. The molecular formula is C13H8BrClO2. The lowest BCUT2D eigenvalue weighted by Gasteiger charge is -2.01. The molecule has 0 fully saturated rings. The van der Waals surface area contributed by atoms with Gasteiger partial charge in [-0.2, -0.15) is 0 Å². The standard InChI is InChI=1S/C13H8BrClO2/c1-16-10-6-5-8(15)12-11-7(14)3-2-4-9(11)17-13(10)12/h2-6H,1H3. The Balaban J connectivity index is 2.61. The molecular weight excluding hydrogens is 303 g/mol. The Kier molecular flexibility index (Phi) is 2.53. The number of ether oxygens (including phenoxy) is 1. The number of fused-ring (bicyclic) bond motifs is 3. The predicted octanol–water partition coefficient (Wildman–Crippen LogP) is 5.01. The maximum absolute atomic E-state index is 6.24. The average molecular weight is 312 g/mol. The van der Waals surface area contributed by atoms with Gasteiger partial charge in [0.2, 0.25) is 0 Å². The third-order valence-corrected chi connectivity index (χ3v) is 3.70. The number of hydrogen-bond donors (Lipinski definition) is 0. The van der Waals surface area contributed by atoms with Crippen LogP contribution in [-0.4, -0.2) is 7.11 Å². The van der Waals surface area contributed by atoms with Crippen LogP contribution < -0.4 is 4.74 Å². The molecule has 0 spiro atoms. The zero-order chi connectivity index (χ0) is 12.0. The van der Waals surface area contributed by atoms with Crippen molar-refractivity contribution in [2.45, 2.75) is 0 Å². The molecule has 0 amide bonds. The highest BCUT2D eigenvalue weighted by Gasteiger charge is 2.16. The fraction of sp³-hybridized carbons (Fsp3) is 0.0769. The third kappa shape index (κ3) is 1.53. The summed E-state index contributed by atoms with van der Waals surface area (Å²) in [5, 5.41) is 2.52. The van der Waals surface area contributed by atoms with Crippen molar-refractivity contribution in [2.24, 2.45) is 0 Å². The molecule has 0 N–H and O–H groups in total. The summed E-state index contributed by atoms with van der Waals surface area (Å²) in [6, 6.07) is 9.43. The topological polar surface area (TPSA) is 22.4 Å². The maximum Gasteiger partial charge on any atom is 0.178 e. The normalized spacial score (nSPS) is 11.2. The largest absolute Gasteiger partial charge is 0.493 e. The second-order valence-corrected chi connectivity index (χ2v) is 4.93. The first-order valence-electron chi connectivity index (χ1n) is 5.05. The SMILES string of the molecule is COc1ccc(Cl)c2c1oc1cccc(Br)c12. The van der Waals surface area contributed by atoms with Crippen LogP contribution in [0.3, 0.4) is 0 Å². The molecule has 0 aliphatic carbocycles. The number of benzene rings is 2. The van der Waals surface area contributed by atoms with E-state index in [1.807, 2.05) is 24.3 Å². The molecule has 0 atom stereocenters. The van der Waals surface area contributed by atoms with E-state index in [-0.39, 0.29) is 0 Å². The molecule has 0 unspecified atom stereocenters. The van der Waals surface area contributed by atoms with Crippen LogP contribution in [0, 0.1) is 0 Å². The molecule has 3 aromatic rings. The smallest absolute Gasteiger partial charge is 0.178 e. The minimum absolute atomic E-state index is 0.659. The Labute approximate surface area is 111 Å². The van der Waals surface area contributed by atoms with E-state index in [9.17, 15) is 0 Å². The van der Waals surface area contributed by atoms with E-state index >= 15 is 0 Å². The van der Waals surface area contributed by atoms with Crippen LogP contribution in [0.5, 0.6) is 5.75 Å². The Hall–Kier alpha value is -1.19. The van der Waals surface area contributed by atoms with Crippen LogP contribution in [0.25, 0.3) is 21.9 Å². The highest BCUT2D eigenvalue weighted by molar-refractivity contribution is 9.10. The van der Waals surface area contributed by atoms with Crippen LogP contribution in [0.2, 0.25) is 5.02 Å². The van der Waals surface area contributed by atoms with Crippen molar-refractivity contribution in [1.29, 1.82) is 0 Å². The zero-order valence-electron chi connectivity index (χ0n) is 8.96. The molecule has 0 aliphatic heterocycles. The molecule has 0 aliphatic rings. The van der Waals surface area contributed by atoms with Gasteiger partial charge in [0.15, 0.2) is 11.3 Å². The number of furan rings is 1. The summed E-state index contributed by atoms with van der Waals surface area (Å²) in [5.74, 6) is 0.688. The van der Waals surface area contributed by atoms with Crippen LogP contribution >= 0.6 is 27.5 Å². The van der Waals surface area contributed by atoms with Crippen molar-refractivity contribution in [2.75, 3.05) is 7.11 Å². The van der Waals surface area contributed by atoms with Gasteiger partial charge in [-0.15, -0.1) is 0 Å². The molecule has 2 nitrogen and oxygen atoms in total. The first kappa shape index (κ1) is 10.9. The number of hydrogen-bond acceptors (Lipinski definition) is 2. The number of methoxy groups -OCH3 is 1. The molecule has 0 radical (unpaired) electrons. The van der Waals surface area contributed by atoms with E-state index in [2.05, 4.69) is 15.9 Å². The van der Waals surface area contributed by atoms with Gasteiger partial charge in [-0.1, -0.05) is 33.6 Å². The van der Waals surface area contributed by atoms with Gasteiger partial charge in [-0.25, -0.2) is 0 Å². The average Bonchev–Trinajstić information content (AvgIpc) is 2.71. The zero-order valence-corrected chi connectivity index (χ0v) is 11.3. The van der Waals surface area contributed by atoms with E-state index in [1.165, 1.54) is 0 Å². The minimum Gasteiger partial charge on any atom is -0.493 e.